The molecule has 0 aliphatic rings. The Morgan fingerprint density at radius 1 is 1.29 bits per heavy atom. The molecule has 1 rings (SSSR count). The summed E-state index contributed by atoms with van der Waals surface area (Å²) in [5, 5.41) is 11.7. The van der Waals surface area contributed by atoms with Crippen molar-refractivity contribution in [2.45, 2.75) is 13.0 Å². The van der Waals surface area contributed by atoms with Gasteiger partial charge in [0.15, 0.2) is 0 Å². The monoisotopic (exact) mass is 239 g/mol. The van der Waals surface area contributed by atoms with E-state index < -0.39 is 6.10 Å². The van der Waals surface area contributed by atoms with Gasteiger partial charge in [-0.05, 0) is 19.1 Å². The minimum atomic E-state index is -0.577. The number of aliphatic hydroxyl groups is 1. The summed E-state index contributed by atoms with van der Waals surface area (Å²) in [7, 11) is 3.04. The predicted molar refractivity (Wildman–Crippen MR) is 63.6 cm³/mol. The fourth-order valence-corrected chi connectivity index (χ4v) is 1.28. The third-order valence-corrected chi connectivity index (χ3v) is 2.17. The van der Waals surface area contributed by atoms with Gasteiger partial charge in [0.1, 0.15) is 11.5 Å². The molecular weight excluding hydrogens is 222 g/mol. The number of carbonyl (C=O) groups excluding carboxylic acids is 1. The molecule has 1 atom stereocenters. The fourth-order valence-electron chi connectivity index (χ4n) is 1.28. The normalized spacial score (nSPS) is 11.8. The largest absolute Gasteiger partial charge is 0.497 e. The van der Waals surface area contributed by atoms with E-state index in [0.29, 0.717) is 17.1 Å². The Labute approximate surface area is 100 Å². The van der Waals surface area contributed by atoms with Gasteiger partial charge < -0.3 is 19.9 Å². The summed E-state index contributed by atoms with van der Waals surface area (Å²) in [6, 6.07) is 4.91. The molecule has 1 amide bonds. The van der Waals surface area contributed by atoms with E-state index in [-0.39, 0.29) is 12.5 Å². The first-order valence-corrected chi connectivity index (χ1v) is 5.26. The standard InChI is InChI=1S/C12H17NO4/c1-8(14)7-13-12(15)9-4-10(16-2)6-11(5-9)17-3/h4-6,8,14H,7H2,1-3H3,(H,13,15). The summed E-state index contributed by atoms with van der Waals surface area (Å²) in [5.41, 5.74) is 0.432. The Kier molecular flexibility index (Phi) is 4.78. The van der Waals surface area contributed by atoms with E-state index in [4.69, 9.17) is 14.6 Å². The molecule has 0 saturated carbocycles. The number of methoxy groups -OCH3 is 2. The summed E-state index contributed by atoms with van der Waals surface area (Å²) in [6.07, 6.45) is -0.577. The summed E-state index contributed by atoms with van der Waals surface area (Å²) < 4.78 is 10.1. The number of aliphatic hydroxyl groups excluding tert-OH is 1. The van der Waals surface area contributed by atoms with Crippen molar-refractivity contribution in [3.8, 4) is 11.5 Å². The molecule has 0 aliphatic heterocycles. The summed E-state index contributed by atoms with van der Waals surface area (Å²) in [6.45, 7) is 1.81. The van der Waals surface area contributed by atoms with Crippen LogP contribution in [0.2, 0.25) is 0 Å². The maximum atomic E-state index is 11.8. The third kappa shape index (κ3) is 3.96. The first-order chi connectivity index (χ1) is 8.06. The van der Waals surface area contributed by atoms with Crippen molar-refractivity contribution >= 4 is 5.91 Å². The van der Waals surface area contributed by atoms with Gasteiger partial charge >= 0.3 is 0 Å². The molecule has 94 valence electrons. The maximum Gasteiger partial charge on any atom is 0.251 e. The molecule has 0 saturated heterocycles. The lowest BCUT2D eigenvalue weighted by atomic mass is 10.2. The molecule has 5 heteroatoms. The molecule has 17 heavy (non-hydrogen) atoms. The van der Waals surface area contributed by atoms with E-state index in [9.17, 15) is 4.79 Å². The van der Waals surface area contributed by atoms with Crippen molar-refractivity contribution in [2.24, 2.45) is 0 Å². The van der Waals surface area contributed by atoms with E-state index in [1.165, 1.54) is 14.2 Å². The van der Waals surface area contributed by atoms with Crippen molar-refractivity contribution < 1.29 is 19.4 Å². The summed E-state index contributed by atoms with van der Waals surface area (Å²) in [5.74, 6) is 0.821. The van der Waals surface area contributed by atoms with Crippen molar-refractivity contribution in [3.63, 3.8) is 0 Å². The van der Waals surface area contributed by atoms with Crippen LogP contribution in [0.25, 0.3) is 0 Å². The zero-order chi connectivity index (χ0) is 12.8. The summed E-state index contributed by atoms with van der Waals surface area (Å²) in [4.78, 5) is 11.8. The highest BCUT2D eigenvalue weighted by atomic mass is 16.5. The zero-order valence-corrected chi connectivity index (χ0v) is 10.2. The minimum absolute atomic E-state index is 0.207. The minimum Gasteiger partial charge on any atom is -0.497 e. The second-order valence-electron chi connectivity index (χ2n) is 3.66. The highest BCUT2D eigenvalue weighted by Gasteiger charge is 2.10. The zero-order valence-electron chi connectivity index (χ0n) is 10.2. The van der Waals surface area contributed by atoms with Gasteiger partial charge in [-0.3, -0.25) is 4.79 Å². The van der Waals surface area contributed by atoms with E-state index >= 15 is 0 Å². The Hall–Kier alpha value is -1.75. The van der Waals surface area contributed by atoms with Crippen LogP contribution in [0, 0.1) is 0 Å². The fraction of sp³-hybridized carbons (Fsp3) is 0.417. The Morgan fingerprint density at radius 3 is 2.24 bits per heavy atom. The first kappa shape index (κ1) is 13.3. The lowest BCUT2D eigenvalue weighted by molar-refractivity contribution is 0.0923. The number of ether oxygens (including phenoxy) is 2. The second-order valence-corrected chi connectivity index (χ2v) is 3.66. The molecule has 1 aromatic rings. The molecule has 2 N–H and O–H groups in total. The van der Waals surface area contributed by atoms with Gasteiger partial charge in [0.25, 0.3) is 5.91 Å². The number of hydrogen-bond acceptors (Lipinski definition) is 4. The number of carbonyl (C=O) groups is 1. The SMILES string of the molecule is COc1cc(OC)cc(C(=O)NCC(C)O)c1. The number of rotatable bonds is 5. The van der Waals surface area contributed by atoms with Crippen LogP contribution in [0.5, 0.6) is 11.5 Å². The summed E-state index contributed by atoms with van der Waals surface area (Å²) >= 11 is 0. The highest BCUT2D eigenvalue weighted by Crippen LogP contribution is 2.22. The van der Waals surface area contributed by atoms with Gasteiger partial charge in [0.2, 0.25) is 0 Å². The predicted octanol–water partition coefficient (Wildman–Crippen LogP) is 0.814. The number of hydrogen-bond donors (Lipinski definition) is 2. The average molecular weight is 239 g/mol. The molecule has 1 unspecified atom stereocenters. The number of nitrogens with one attached hydrogen (secondary N) is 1. The molecule has 1 aromatic carbocycles. The first-order valence-electron chi connectivity index (χ1n) is 5.26. The highest BCUT2D eigenvalue weighted by molar-refractivity contribution is 5.95. The van der Waals surface area contributed by atoms with Gasteiger partial charge in [-0.15, -0.1) is 0 Å². The molecule has 0 spiro atoms. The van der Waals surface area contributed by atoms with E-state index in [1.54, 1.807) is 25.1 Å². The Bertz CT molecular complexity index is 368. The lowest BCUT2D eigenvalue weighted by Gasteiger charge is -2.10. The van der Waals surface area contributed by atoms with Crippen LogP contribution in [0.3, 0.4) is 0 Å². The van der Waals surface area contributed by atoms with Gasteiger partial charge in [-0.25, -0.2) is 0 Å². The molecular formula is C12H17NO4. The number of benzene rings is 1. The van der Waals surface area contributed by atoms with Gasteiger partial charge in [-0.1, -0.05) is 0 Å². The van der Waals surface area contributed by atoms with Crippen molar-refractivity contribution in [1.82, 2.24) is 5.32 Å². The second kappa shape index (κ2) is 6.10. The maximum absolute atomic E-state index is 11.8. The smallest absolute Gasteiger partial charge is 0.251 e. The van der Waals surface area contributed by atoms with Crippen LogP contribution >= 0.6 is 0 Å². The lowest BCUT2D eigenvalue weighted by Crippen LogP contribution is -2.30. The third-order valence-electron chi connectivity index (χ3n) is 2.17. The molecule has 0 bridgehead atoms. The average Bonchev–Trinajstić information content (AvgIpc) is 2.34. The molecule has 0 heterocycles. The molecule has 0 aromatic heterocycles. The molecule has 0 aliphatic carbocycles. The van der Waals surface area contributed by atoms with Gasteiger partial charge in [-0.2, -0.15) is 0 Å². The Balaban J connectivity index is 2.84. The van der Waals surface area contributed by atoms with Crippen LogP contribution in [0.1, 0.15) is 17.3 Å². The molecule has 0 fully saturated rings. The van der Waals surface area contributed by atoms with Crippen LogP contribution < -0.4 is 14.8 Å². The Morgan fingerprint density at radius 2 is 1.82 bits per heavy atom. The topological polar surface area (TPSA) is 67.8 Å². The van der Waals surface area contributed by atoms with E-state index in [1.807, 2.05) is 0 Å². The van der Waals surface area contributed by atoms with E-state index in [2.05, 4.69) is 5.32 Å². The van der Waals surface area contributed by atoms with Crippen molar-refractivity contribution in [2.75, 3.05) is 20.8 Å². The van der Waals surface area contributed by atoms with Crippen LogP contribution in [-0.4, -0.2) is 37.9 Å². The van der Waals surface area contributed by atoms with E-state index in [0.717, 1.165) is 0 Å². The van der Waals surface area contributed by atoms with Crippen LogP contribution in [-0.2, 0) is 0 Å². The van der Waals surface area contributed by atoms with Gasteiger partial charge in [0, 0.05) is 18.2 Å². The van der Waals surface area contributed by atoms with Crippen LogP contribution in [0.4, 0.5) is 0 Å². The quantitative estimate of drug-likeness (QED) is 0.798. The number of amides is 1. The van der Waals surface area contributed by atoms with Gasteiger partial charge in [0.05, 0.1) is 20.3 Å². The van der Waals surface area contributed by atoms with Crippen molar-refractivity contribution in [1.29, 1.82) is 0 Å². The molecule has 5 nitrogen and oxygen atoms in total. The van der Waals surface area contributed by atoms with Crippen molar-refractivity contribution in [3.05, 3.63) is 23.8 Å². The molecule has 0 radical (unpaired) electrons. The van der Waals surface area contributed by atoms with Crippen LogP contribution in [0.15, 0.2) is 18.2 Å².